The van der Waals surface area contributed by atoms with Gasteiger partial charge in [-0.05, 0) is 55.5 Å². The molecule has 3 amide bonds. The van der Waals surface area contributed by atoms with E-state index < -0.39 is 17.7 Å². The Bertz CT molecular complexity index is 1760. The van der Waals surface area contributed by atoms with Crippen molar-refractivity contribution in [2.45, 2.75) is 6.92 Å². The van der Waals surface area contributed by atoms with Crippen LogP contribution in [0.25, 0.3) is 16.9 Å². The maximum Gasteiger partial charge on any atom is 0.329 e. The highest BCUT2D eigenvalue weighted by atomic mass is 35.5. The smallest absolute Gasteiger partial charge is 0.322 e. The number of halogens is 1. The quantitative estimate of drug-likeness (QED) is 0.128. The van der Waals surface area contributed by atoms with E-state index in [1.165, 1.54) is 18.3 Å². The van der Waals surface area contributed by atoms with Crippen LogP contribution in [0.5, 0.6) is 0 Å². The Hall–Kier alpha value is -5.54. The van der Waals surface area contributed by atoms with E-state index in [-0.39, 0.29) is 11.3 Å². The number of anilines is 2. The van der Waals surface area contributed by atoms with Crippen LogP contribution in [0.3, 0.4) is 0 Å². The molecule has 1 aromatic heterocycles. The fourth-order valence-electron chi connectivity index (χ4n) is 4.04. The largest absolute Gasteiger partial charge is 0.329 e. The molecular formula is C32H25ClN6O3. The number of aryl methyl sites for hydroxylation is 1. The summed E-state index contributed by atoms with van der Waals surface area (Å²) < 4.78 is 1.72. The van der Waals surface area contributed by atoms with Crippen LogP contribution in [-0.2, 0) is 9.59 Å². The van der Waals surface area contributed by atoms with Gasteiger partial charge in [-0.1, -0.05) is 71.8 Å². The highest BCUT2D eigenvalue weighted by Crippen LogP contribution is 2.23. The maximum absolute atomic E-state index is 12.8. The molecule has 1 heterocycles. The average Bonchev–Trinajstić information content (AvgIpc) is 3.43. The summed E-state index contributed by atoms with van der Waals surface area (Å²) in [7, 11) is 0. The zero-order chi connectivity index (χ0) is 29.5. The summed E-state index contributed by atoms with van der Waals surface area (Å²) in [6.07, 6.45) is 3.22. The van der Waals surface area contributed by atoms with Gasteiger partial charge in [0.25, 0.3) is 5.91 Å². The molecule has 0 atom stereocenters. The predicted molar refractivity (Wildman–Crippen MR) is 164 cm³/mol. The van der Waals surface area contributed by atoms with Crippen molar-refractivity contribution < 1.29 is 14.4 Å². The van der Waals surface area contributed by atoms with Gasteiger partial charge in [0, 0.05) is 28.0 Å². The molecule has 0 fully saturated rings. The Morgan fingerprint density at radius 2 is 1.50 bits per heavy atom. The SMILES string of the molecule is Cc1ccc(-c2nn(-c3ccccc3)cc2/C=N/NC(=O)C(=O)Nc2ccccc2C(=O)Nc2ccc(Cl)cc2)cc1. The third-order valence-corrected chi connectivity index (χ3v) is 6.44. The Labute approximate surface area is 246 Å². The van der Waals surface area contributed by atoms with Crippen LogP contribution in [0.1, 0.15) is 21.5 Å². The first-order valence-electron chi connectivity index (χ1n) is 12.9. The highest BCUT2D eigenvalue weighted by molar-refractivity contribution is 6.40. The van der Waals surface area contributed by atoms with Crippen molar-refractivity contribution in [2.75, 3.05) is 10.6 Å². The first kappa shape index (κ1) is 28.0. The molecule has 0 saturated carbocycles. The highest BCUT2D eigenvalue weighted by Gasteiger charge is 2.18. The van der Waals surface area contributed by atoms with Crippen molar-refractivity contribution in [3.05, 3.63) is 131 Å². The molecule has 0 aliphatic carbocycles. The molecule has 0 aliphatic rings. The summed E-state index contributed by atoms with van der Waals surface area (Å²) in [6, 6.07) is 30.4. The summed E-state index contributed by atoms with van der Waals surface area (Å²) in [5.41, 5.74) is 7.24. The lowest BCUT2D eigenvalue weighted by molar-refractivity contribution is -0.136. The number of hydrazone groups is 1. The van der Waals surface area contributed by atoms with Gasteiger partial charge in [0.15, 0.2) is 0 Å². The molecule has 0 saturated heterocycles. The molecule has 9 nitrogen and oxygen atoms in total. The van der Waals surface area contributed by atoms with Gasteiger partial charge in [-0.2, -0.15) is 10.2 Å². The van der Waals surface area contributed by atoms with E-state index in [2.05, 4.69) is 21.2 Å². The maximum atomic E-state index is 12.8. The van der Waals surface area contributed by atoms with Gasteiger partial charge in [-0.25, -0.2) is 10.1 Å². The summed E-state index contributed by atoms with van der Waals surface area (Å²) in [6.45, 7) is 2.00. The van der Waals surface area contributed by atoms with Crippen molar-refractivity contribution in [3.63, 3.8) is 0 Å². The topological polar surface area (TPSA) is 117 Å². The molecule has 42 heavy (non-hydrogen) atoms. The number of rotatable bonds is 7. The van der Waals surface area contributed by atoms with Crippen LogP contribution in [0, 0.1) is 6.92 Å². The monoisotopic (exact) mass is 576 g/mol. The van der Waals surface area contributed by atoms with Gasteiger partial charge in [0.05, 0.1) is 23.2 Å². The third-order valence-electron chi connectivity index (χ3n) is 6.19. The summed E-state index contributed by atoms with van der Waals surface area (Å²) in [5.74, 6) is -2.46. The lowest BCUT2D eigenvalue weighted by Crippen LogP contribution is -2.33. The lowest BCUT2D eigenvalue weighted by atomic mass is 10.1. The fourth-order valence-corrected chi connectivity index (χ4v) is 4.17. The van der Waals surface area contributed by atoms with E-state index in [0.717, 1.165) is 16.8 Å². The van der Waals surface area contributed by atoms with Gasteiger partial charge >= 0.3 is 11.8 Å². The average molecular weight is 577 g/mol. The second-order valence-corrected chi connectivity index (χ2v) is 9.68. The van der Waals surface area contributed by atoms with Gasteiger partial charge in [-0.3, -0.25) is 14.4 Å². The Morgan fingerprint density at radius 1 is 0.810 bits per heavy atom. The van der Waals surface area contributed by atoms with Crippen molar-refractivity contribution in [3.8, 4) is 16.9 Å². The zero-order valence-electron chi connectivity index (χ0n) is 22.4. The number of carbonyl (C=O) groups is 3. The van der Waals surface area contributed by atoms with E-state index in [1.54, 1.807) is 47.3 Å². The van der Waals surface area contributed by atoms with Crippen LogP contribution in [-0.4, -0.2) is 33.7 Å². The van der Waals surface area contributed by atoms with E-state index in [0.29, 0.717) is 22.0 Å². The van der Waals surface area contributed by atoms with Crippen LogP contribution < -0.4 is 16.1 Å². The molecule has 3 N–H and O–H groups in total. The van der Waals surface area contributed by atoms with Crippen molar-refractivity contribution in [1.82, 2.24) is 15.2 Å². The molecule has 0 unspecified atom stereocenters. The number of aromatic nitrogens is 2. The van der Waals surface area contributed by atoms with E-state index in [1.807, 2.05) is 61.5 Å². The second-order valence-electron chi connectivity index (χ2n) is 9.24. The minimum absolute atomic E-state index is 0.166. The van der Waals surface area contributed by atoms with Gasteiger partial charge in [-0.15, -0.1) is 0 Å². The van der Waals surface area contributed by atoms with Crippen LogP contribution >= 0.6 is 11.6 Å². The minimum Gasteiger partial charge on any atom is -0.322 e. The zero-order valence-corrected chi connectivity index (χ0v) is 23.2. The number of benzene rings is 4. The van der Waals surface area contributed by atoms with Crippen LogP contribution in [0.2, 0.25) is 5.02 Å². The summed E-state index contributed by atoms with van der Waals surface area (Å²) >= 11 is 5.90. The number of carbonyl (C=O) groups excluding carboxylic acids is 3. The number of hydrogen-bond donors (Lipinski definition) is 3. The Morgan fingerprint density at radius 3 is 2.24 bits per heavy atom. The molecule has 5 aromatic rings. The molecule has 0 spiro atoms. The number of para-hydroxylation sites is 2. The van der Waals surface area contributed by atoms with Gasteiger partial charge < -0.3 is 10.6 Å². The summed E-state index contributed by atoms with van der Waals surface area (Å²) in [5, 5.41) is 14.5. The third kappa shape index (κ3) is 6.78. The first-order valence-corrected chi connectivity index (χ1v) is 13.3. The Kier molecular flexibility index (Phi) is 8.50. The molecule has 208 valence electrons. The van der Waals surface area contributed by atoms with Crippen LogP contribution in [0.15, 0.2) is 114 Å². The molecule has 0 radical (unpaired) electrons. The van der Waals surface area contributed by atoms with Crippen molar-refractivity contribution in [1.29, 1.82) is 0 Å². The molecule has 0 aliphatic heterocycles. The van der Waals surface area contributed by atoms with E-state index in [9.17, 15) is 14.4 Å². The second kappa shape index (κ2) is 12.8. The van der Waals surface area contributed by atoms with E-state index >= 15 is 0 Å². The summed E-state index contributed by atoms with van der Waals surface area (Å²) in [4.78, 5) is 38.1. The Balaban J connectivity index is 1.29. The number of nitrogens with zero attached hydrogens (tertiary/aromatic N) is 3. The predicted octanol–water partition coefficient (Wildman–Crippen LogP) is 5.84. The minimum atomic E-state index is -1.01. The van der Waals surface area contributed by atoms with Gasteiger partial charge in [0.1, 0.15) is 5.69 Å². The van der Waals surface area contributed by atoms with Crippen molar-refractivity contribution in [2.24, 2.45) is 5.10 Å². The lowest BCUT2D eigenvalue weighted by Gasteiger charge is -2.11. The molecule has 5 rings (SSSR count). The molecule has 4 aromatic carbocycles. The normalized spacial score (nSPS) is 10.8. The van der Waals surface area contributed by atoms with Gasteiger partial charge in [0.2, 0.25) is 0 Å². The number of nitrogens with one attached hydrogen (secondary N) is 3. The standard InChI is InChI=1S/C32H25ClN6O3/c1-21-11-13-22(14-12-21)29-23(20-39(38-29)26-7-3-2-4-8-26)19-34-37-32(42)31(41)36-28-10-6-5-9-27(28)30(40)35-25-17-15-24(33)16-18-25/h2-20H,1H3,(H,35,40)(H,36,41)(H,37,42)/b34-19+. The molecular weight excluding hydrogens is 552 g/mol. The van der Waals surface area contributed by atoms with Crippen LogP contribution in [0.4, 0.5) is 11.4 Å². The van der Waals surface area contributed by atoms with Crippen molar-refractivity contribution >= 4 is 46.9 Å². The number of amides is 3. The fraction of sp³-hybridized carbons (Fsp3) is 0.0312. The first-order chi connectivity index (χ1) is 20.4. The molecule has 10 heteroatoms. The molecule has 0 bridgehead atoms. The van der Waals surface area contributed by atoms with E-state index in [4.69, 9.17) is 16.7 Å². The number of hydrogen-bond acceptors (Lipinski definition) is 5.